The standard InChI is InChI=1S/C66H99N17O34S/c1-117-55(54(104)42(92)25-86)39(89)22-71-45(95)14-8-32(62(110)80-36(26-118)65(114)115)76-61(109)34(11-17-48(99)100)78-59(107)31(7-13-44(94)70-21-38(88)52(102)53(103)41(91)24-85)75-60(108)33(10-16-47(97)98)77-58(106)30(6-12-43(93)69-20-37(87)49(83-116)51(101)40(90)23-84)74-46(96)15-9-35(64(112)113)79-57(105)27-2-4-28(5-3-27)68-18-29-19-72-56-50(73-29)63(111)82-66(67)81-56/h2-5,19,30-42,49,51-55,68,84-92,101-104,118H,6-18,20-26H2,1H3,(H,69,93)(H,70,94)(H,71,95)(H,74,96)(H,75,108)(H,76,109)(H,77,106)(H,78,107)(H,79,105)(H,80,110)(H,97,98)(H,99,100)(H,112,113)(H,114,115)(H3,67,72,81,82,111)/t30-,31-,32-,33-,34-,35-,36-,37-,38-,39-,40+,41+,42+,49+,51+,52+,53+,54+,55+/m0/s1. The van der Waals surface area contributed by atoms with Gasteiger partial charge >= 0.3 is 23.9 Å². The minimum Gasteiger partial charge on any atom is -0.481 e. The zero-order valence-corrected chi connectivity index (χ0v) is 63.7. The maximum absolute atomic E-state index is 14.7. The highest BCUT2D eigenvalue weighted by Gasteiger charge is 2.39. The van der Waals surface area contributed by atoms with Gasteiger partial charge in [0, 0.05) is 82.3 Å². The van der Waals surface area contributed by atoms with Gasteiger partial charge in [-0.15, -0.1) is 0 Å². The first kappa shape index (κ1) is 101. The molecule has 19 atom stereocenters. The molecule has 52 heteroatoms. The number of aliphatic carboxylic acids is 4. The Morgan fingerprint density at radius 3 is 1.30 bits per heavy atom. The van der Waals surface area contributed by atoms with E-state index in [0.717, 1.165) is 7.11 Å². The van der Waals surface area contributed by atoms with Gasteiger partial charge in [0.05, 0.1) is 50.5 Å². The van der Waals surface area contributed by atoms with Crippen molar-refractivity contribution in [2.75, 3.05) is 63.4 Å². The molecule has 0 aliphatic rings. The summed E-state index contributed by atoms with van der Waals surface area (Å²) < 4.78 is 4.98. The van der Waals surface area contributed by atoms with Gasteiger partial charge in [0.15, 0.2) is 11.2 Å². The molecule has 2 aromatic heterocycles. The van der Waals surface area contributed by atoms with Crippen LogP contribution in [0.5, 0.6) is 0 Å². The lowest BCUT2D eigenvalue weighted by Gasteiger charge is -2.29. The van der Waals surface area contributed by atoms with Gasteiger partial charge < -0.3 is 156 Å². The molecule has 1 aromatic carbocycles. The number of carboxylic acid groups (broad SMARTS) is 4. The number of carboxylic acids is 4. The van der Waals surface area contributed by atoms with Crippen LogP contribution < -0.4 is 69.8 Å². The highest BCUT2D eigenvalue weighted by Crippen LogP contribution is 2.17. The lowest BCUT2D eigenvalue weighted by Crippen LogP contribution is -2.59. The maximum Gasteiger partial charge on any atom is 0.327 e. The first-order valence-corrected chi connectivity index (χ1v) is 36.5. The molecule has 3 aromatic rings. The number of amides is 10. The van der Waals surface area contributed by atoms with Crippen molar-refractivity contribution >= 4 is 118 Å². The number of hydrogen-bond acceptors (Lipinski definition) is 37. The SMILES string of the molecule is CO[C@@H]([C@H](O)[C@H](O)CO)[C@@H](O)CNC(=O)CC[C@H](NC(=O)[C@H](CCC(=O)O)NC(=O)[C@H](CCC(=O)NC[C@H](O)[C@@H](O)[C@H](O)[C@H](O)CO)NC(=O)[C@H](CCC(=O)O)NC(=O)[C@H](CCC(=O)NC[C@H](O)[C@@H](N=O)[C@H](O)[C@H](O)CO)NC(=O)CC[C@H](NC(=O)c1ccc(NCc2cnc3nc(N)[nH]c(=O)c3n2)cc1)C(=O)O)C(=O)N[C@@H](CS)C(=O)O. The first-order chi connectivity index (χ1) is 55.6. The Bertz CT molecular complexity index is 3950. The summed E-state index contributed by atoms with van der Waals surface area (Å²) in [4.78, 5) is 226. The molecule has 0 saturated carbocycles. The van der Waals surface area contributed by atoms with Crippen LogP contribution in [0.4, 0.5) is 11.6 Å². The second-order valence-electron chi connectivity index (χ2n) is 26.4. The molecule has 0 spiro atoms. The van der Waals surface area contributed by atoms with E-state index in [1.54, 1.807) is 0 Å². The molecule has 0 aliphatic heterocycles. The van der Waals surface area contributed by atoms with Crippen LogP contribution in [0.1, 0.15) is 93.1 Å². The number of hydrogen-bond donors (Lipinski definition) is 31. The molecule has 0 saturated heterocycles. The fourth-order valence-electron chi connectivity index (χ4n) is 10.7. The van der Waals surface area contributed by atoms with Crippen molar-refractivity contribution in [3.63, 3.8) is 0 Å². The Morgan fingerprint density at radius 2 is 0.873 bits per heavy atom. The lowest BCUT2D eigenvalue weighted by molar-refractivity contribution is -0.142. The summed E-state index contributed by atoms with van der Waals surface area (Å²) in [5, 5.41) is 196. The molecular weight excluding hydrogens is 1610 g/mol. The van der Waals surface area contributed by atoms with Gasteiger partial charge in [0.1, 0.15) is 103 Å². The molecule has 51 nitrogen and oxygen atoms in total. The van der Waals surface area contributed by atoms with Gasteiger partial charge in [-0.1, -0.05) is 5.18 Å². The number of carbonyl (C=O) groups excluding carboxylic acids is 10. The number of nitroso groups, excluding NO2 is 1. The van der Waals surface area contributed by atoms with E-state index in [-0.39, 0.29) is 34.9 Å². The van der Waals surface area contributed by atoms with Gasteiger partial charge in [-0.2, -0.15) is 22.5 Å². The third-order valence-corrected chi connectivity index (χ3v) is 17.9. The van der Waals surface area contributed by atoms with E-state index in [0.29, 0.717) is 5.69 Å². The Kier molecular flexibility index (Phi) is 44.0. The van der Waals surface area contributed by atoms with Crippen LogP contribution in [-0.2, 0) is 73.6 Å². The number of aliphatic hydroxyl groups is 13. The minimum absolute atomic E-state index is 0.000655. The van der Waals surface area contributed by atoms with Gasteiger partial charge in [0.25, 0.3) is 11.5 Å². The number of aliphatic hydroxyl groups excluding tert-OH is 13. The van der Waals surface area contributed by atoms with Gasteiger partial charge in [-0.05, 0) is 62.8 Å². The zero-order valence-electron chi connectivity index (χ0n) is 62.9. The summed E-state index contributed by atoms with van der Waals surface area (Å²) in [6.07, 6.45) is -31.5. The fourth-order valence-corrected chi connectivity index (χ4v) is 10.9. The van der Waals surface area contributed by atoms with Crippen LogP contribution in [0, 0.1) is 4.91 Å². The van der Waals surface area contributed by atoms with E-state index in [2.05, 4.69) is 90.9 Å². The van der Waals surface area contributed by atoms with E-state index in [1.807, 2.05) is 5.32 Å². The molecule has 2 heterocycles. The normalized spacial score (nSPS) is 16.2. The molecule has 0 fully saturated rings. The van der Waals surface area contributed by atoms with E-state index in [4.69, 9.17) is 10.5 Å². The first-order valence-electron chi connectivity index (χ1n) is 35.9. The fraction of sp³-hybridized carbons (Fsp3) is 0.606. The molecule has 10 amide bonds. The number of nitrogens with one attached hydrogen (secondary N) is 12. The summed E-state index contributed by atoms with van der Waals surface area (Å²) in [5.41, 5.74) is 5.35. The third kappa shape index (κ3) is 34.3. The summed E-state index contributed by atoms with van der Waals surface area (Å²) >= 11 is 3.89. The van der Waals surface area contributed by atoms with Crippen molar-refractivity contribution in [2.45, 2.75) is 199 Å². The number of nitrogen functional groups attached to an aromatic ring is 1. The summed E-state index contributed by atoms with van der Waals surface area (Å²) in [6.45, 7) is -5.81. The number of carbonyl (C=O) groups is 14. The van der Waals surface area contributed by atoms with Crippen LogP contribution in [0.25, 0.3) is 11.2 Å². The zero-order chi connectivity index (χ0) is 88.8. The Labute approximate surface area is 672 Å². The molecule has 658 valence electrons. The number of nitrogens with zero attached hydrogens (tertiary/aromatic N) is 4. The highest BCUT2D eigenvalue weighted by atomic mass is 32.1. The van der Waals surface area contributed by atoms with Crippen LogP contribution in [0.2, 0.25) is 0 Å². The quantitative estimate of drug-likeness (QED) is 0.0184. The molecule has 0 bridgehead atoms. The summed E-state index contributed by atoms with van der Waals surface area (Å²) in [6, 6.07) is -11.1. The van der Waals surface area contributed by atoms with E-state index in [9.17, 15) is 164 Å². The molecule has 3 rings (SSSR count). The minimum atomic E-state index is -2.25. The summed E-state index contributed by atoms with van der Waals surface area (Å²) in [7, 11) is 1.00. The molecule has 0 unspecified atom stereocenters. The number of methoxy groups -OCH3 is 1. The number of aromatic amines is 1. The van der Waals surface area contributed by atoms with E-state index in [1.165, 1.54) is 30.5 Å². The summed E-state index contributed by atoms with van der Waals surface area (Å²) in [5.74, 6) is -20.5. The second kappa shape index (κ2) is 51.3. The topological polar surface area (TPSA) is 851 Å². The highest BCUT2D eigenvalue weighted by molar-refractivity contribution is 7.80. The monoisotopic (exact) mass is 1710 g/mol. The number of thiol groups is 1. The number of nitrogens with two attached hydrogens (primary N) is 1. The molecule has 31 N–H and O–H groups in total. The van der Waals surface area contributed by atoms with Crippen LogP contribution in [-0.4, -0.2) is 357 Å². The smallest absolute Gasteiger partial charge is 0.327 e. The van der Waals surface area contributed by atoms with Crippen LogP contribution in [0.3, 0.4) is 0 Å². The van der Waals surface area contributed by atoms with Crippen molar-refractivity contribution in [2.24, 2.45) is 5.18 Å². The molecule has 118 heavy (non-hydrogen) atoms. The van der Waals surface area contributed by atoms with Crippen molar-refractivity contribution < 1.29 is 159 Å². The average Bonchev–Trinajstić information content (AvgIpc) is 0.809. The van der Waals surface area contributed by atoms with Crippen LogP contribution in [0.15, 0.2) is 40.4 Å². The Hall–Kier alpha value is -11.0. The number of ether oxygens (including phenoxy) is 1. The molecule has 0 radical (unpaired) electrons. The third-order valence-electron chi connectivity index (χ3n) is 17.5. The Morgan fingerprint density at radius 1 is 0.483 bits per heavy atom. The van der Waals surface area contributed by atoms with Gasteiger partial charge in [0.2, 0.25) is 59.1 Å². The number of fused-ring (bicyclic) bond motifs is 1. The van der Waals surface area contributed by atoms with Crippen molar-refractivity contribution in [1.82, 2.24) is 73.1 Å². The lowest BCUT2D eigenvalue weighted by atomic mass is 10.0. The largest absolute Gasteiger partial charge is 0.481 e. The van der Waals surface area contributed by atoms with Gasteiger partial charge in [-0.25, -0.2) is 19.6 Å². The predicted octanol–water partition coefficient (Wildman–Crippen LogP) is -13.1. The second-order valence-corrected chi connectivity index (χ2v) is 26.7. The number of aromatic nitrogens is 4. The van der Waals surface area contributed by atoms with Crippen LogP contribution >= 0.6 is 12.6 Å². The van der Waals surface area contributed by atoms with E-state index >= 15 is 0 Å². The number of anilines is 2. The number of H-pyrrole nitrogens is 1. The molecular formula is C66H99N17O34S. The Balaban J connectivity index is 2.07. The van der Waals surface area contributed by atoms with Crippen molar-refractivity contribution in [3.05, 3.63) is 57.0 Å². The number of benzene rings is 1. The van der Waals surface area contributed by atoms with E-state index < -0.39 is 326 Å². The predicted molar refractivity (Wildman–Crippen MR) is 400 cm³/mol. The number of rotatable bonds is 57. The molecule has 0 aliphatic carbocycles. The van der Waals surface area contributed by atoms with Crippen molar-refractivity contribution in [1.29, 1.82) is 0 Å². The van der Waals surface area contributed by atoms with Gasteiger partial charge in [-0.3, -0.25) is 67.3 Å². The average molecular weight is 1710 g/mol. The maximum atomic E-state index is 14.7. The van der Waals surface area contributed by atoms with Crippen molar-refractivity contribution in [3.8, 4) is 0 Å².